The van der Waals surface area contributed by atoms with Crippen molar-refractivity contribution in [1.82, 2.24) is 0 Å². The van der Waals surface area contributed by atoms with Gasteiger partial charge in [-0.3, -0.25) is 0 Å². The lowest BCUT2D eigenvalue weighted by Crippen LogP contribution is -2.05. The third-order valence-corrected chi connectivity index (χ3v) is 4.42. The summed E-state index contributed by atoms with van der Waals surface area (Å²) >= 11 is 9.94. The normalized spacial score (nSPS) is 12.4. The molecular formula is C17H18BrCl. The van der Waals surface area contributed by atoms with E-state index >= 15 is 0 Å². The Hall–Kier alpha value is -0.790. The van der Waals surface area contributed by atoms with E-state index in [1.165, 1.54) is 16.7 Å². The average Bonchev–Trinajstić information content (AvgIpc) is 2.41. The van der Waals surface area contributed by atoms with E-state index in [2.05, 4.69) is 53.2 Å². The van der Waals surface area contributed by atoms with Crippen molar-refractivity contribution in [3.8, 4) is 0 Å². The number of rotatable bonds is 5. The van der Waals surface area contributed by atoms with Gasteiger partial charge in [-0.05, 0) is 43.4 Å². The van der Waals surface area contributed by atoms with E-state index in [9.17, 15) is 0 Å². The lowest BCUT2D eigenvalue weighted by atomic mass is 10.0. The van der Waals surface area contributed by atoms with Crippen LogP contribution in [0.3, 0.4) is 0 Å². The Bertz CT molecular complexity index is 519. The van der Waals surface area contributed by atoms with Crippen molar-refractivity contribution in [2.75, 3.05) is 0 Å². The van der Waals surface area contributed by atoms with Crippen LogP contribution in [0.4, 0.5) is 0 Å². The SMILES string of the molecule is Cc1ccc(CCC(Br)Cc2ccccc2Cl)cc1. The standard InChI is InChI=1S/C17H18BrCl/c1-13-6-8-14(9-7-13)10-11-16(18)12-15-4-2-3-5-17(15)19/h2-9,16H,10-12H2,1H3. The minimum atomic E-state index is 0.466. The van der Waals surface area contributed by atoms with Gasteiger partial charge in [0.15, 0.2) is 0 Å². The van der Waals surface area contributed by atoms with Crippen molar-refractivity contribution >= 4 is 27.5 Å². The summed E-state index contributed by atoms with van der Waals surface area (Å²) in [6.45, 7) is 2.12. The van der Waals surface area contributed by atoms with Crippen LogP contribution >= 0.6 is 27.5 Å². The maximum atomic E-state index is 6.18. The Balaban J connectivity index is 1.86. The van der Waals surface area contributed by atoms with Gasteiger partial charge in [0, 0.05) is 9.85 Å². The monoisotopic (exact) mass is 336 g/mol. The molecule has 0 nitrogen and oxygen atoms in total. The van der Waals surface area contributed by atoms with Crippen LogP contribution in [0.25, 0.3) is 0 Å². The van der Waals surface area contributed by atoms with Crippen LogP contribution in [0.1, 0.15) is 23.1 Å². The van der Waals surface area contributed by atoms with Gasteiger partial charge in [0.2, 0.25) is 0 Å². The number of alkyl halides is 1. The molecule has 0 radical (unpaired) electrons. The fourth-order valence-electron chi connectivity index (χ4n) is 2.08. The summed E-state index contributed by atoms with van der Waals surface area (Å²) in [5.41, 5.74) is 3.93. The Morgan fingerprint density at radius 1 is 1.05 bits per heavy atom. The topological polar surface area (TPSA) is 0 Å². The van der Waals surface area contributed by atoms with Gasteiger partial charge >= 0.3 is 0 Å². The van der Waals surface area contributed by atoms with Gasteiger partial charge < -0.3 is 0 Å². The molecule has 2 rings (SSSR count). The highest BCUT2D eigenvalue weighted by atomic mass is 79.9. The molecule has 2 aromatic carbocycles. The lowest BCUT2D eigenvalue weighted by Gasteiger charge is -2.11. The van der Waals surface area contributed by atoms with E-state index in [0.29, 0.717) is 4.83 Å². The molecule has 100 valence electrons. The van der Waals surface area contributed by atoms with Crippen LogP contribution in [0.5, 0.6) is 0 Å². The van der Waals surface area contributed by atoms with Crippen molar-refractivity contribution in [2.45, 2.75) is 31.0 Å². The van der Waals surface area contributed by atoms with Gasteiger partial charge in [-0.25, -0.2) is 0 Å². The molecule has 0 bridgehead atoms. The molecule has 0 heterocycles. The van der Waals surface area contributed by atoms with Crippen molar-refractivity contribution < 1.29 is 0 Å². The molecule has 0 saturated heterocycles. The first-order chi connectivity index (χ1) is 9.15. The zero-order chi connectivity index (χ0) is 13.7. The van der Waals surface area contributed by atoms with Gasteiger partial charge in [-0.1, -0.05) is 75.6 Å². The van der Waals surface area contributed by atoms with Gasteiger partial charge in [-0.2, -0.15) is 0 Å². The van der Waals surface area contributed by atoms with Crippen LogP contribution in [-0.4, -0.2) is 4.83 Å². The first-order valence-electron chi connectivity index (χ1n) is 6.58. The van der Waals surface area contributed by atoms with E-state index in [4.69, 9.17) is 11.6 Å². The van der Waals surface area contributed by atoms with Crippen LogP contribution < -0.4 is 0 Å². The Kier molecular flexibility index (Phi) is 5.47. The molecule has 0 amide bonds. The molecule has 2 heteroatoms. The number of hydrogen-bond acceptors (Lipinski definition) is 0. The first-order valence-corrected chi connectivity index (χ1v) is 7.87. The van der Waals surface area contributed by atoms with Gasteiger partial charge in [-0.15, -0.1) is 0 Å². The summed E-state index contributed by atoms with van der Waals surface area (Å²) in [4.78, 5) is 0.466. The van der Waals surface area contributed by atoms with Gasteiger partial charge in [0.25, 0.3) is 0 Å². The average molecular weight is 338 g/mol. The molecular weight excluding hydrogens is 320 g/mol. The summed E-state index contributed by atoms with van der Waals surface area (Å²) in [6.07, 6.45) is 3.19. The van der Waals surface area contributed by atoms with Crippen LogP contribution in [-0.2, 0) is 12.8 Å². The number of halogens is 2. The first kappa shape index (κ1) is 14.6. The highest BCUT2D eigenvalue weighted by Gasteiger charge is 2.08. The summed E-state index contributed by atoms with van der Waals surface area (Å²) in [5, 5.41) is 0.863. The van der Waals surface area contributed by atoms with Gasteiger partial charge in [0.1, 0.15) is 0 Å². The Morgan fingerprint density at radius 3 is 2.42 bits per heavy atom. The number of benzene rings is 2. The molecule has 0 spiro atoms. The molecule has 0 aromatic heterocycles. The molecule has 19 heavy (non-hydrogen) atoms. The van der Waals surface area contributed by atoms with E-state index in [0.717, 1.165) is 24.3 Å². The van der Waals surface area contributed by atoms with Crippen LogP contribution in [0.15, 0.2) is 48.5 Å². The quantitative estimate of drug-likeness (QED) is 0.624. The fourth-order valence-corrected chi connectivity index (χ4v) is 2.87. The zero-order valence-electron chi connectivity index (χ0n) is 11.1. The summed E-state index contributed by atoms with van der Waals surface area (Å²) in [6, 6.07) is 16.8. The van der Waals surface area contributed by atoms with E-state index < -0.39 is 0 Å². The molecule has 0 N–H and O–H groups in total. The molecule has 0 aliphatic rings. The molecule has 2 aromatic rings. The predicted molar refractivity (Wildman–Crippen MR) is 87.4 cm³/mol. The largest absolute Gasteiger partial charge is 0.0887 e. The molecule has 0 aliphatic carbocycles. The Labute approximate surface area is 128 Å². The fraction of sp³-hybridized carbons (Fsp3) is 0.294. The predicted octanol–water partition coefficient (Wildman–Crippen LogP) is 5.59. The molecule has 0 saturated carbocycles. The maximum Gasteiger partial charge on any atom is 0.0438 e. The number of hydrogen-bond donors (Lipinski definition) is 0. The molecule has 0 fully saturated rings. The number of aryl methyl sites for hydroxylation is 2. The third-order valence-electron chi connectivity index (χ3n) is 3.27. The van der Waals surface area contributed by atoms with Crippen molar-refractivity contribution in [2.24, 2.45) is 0 Å². The zero-order valence-corrected chi connectivity index (χ0v) is 13.4. The van der Waals surface area contributed by atoms with Gasteiger partial charge in [0.05, 0.1) is 0 Å². The lowest BCUT2D eigenvalue weighted by molar-refractivity contribution is 0.763. The maximum absolute atomic E-state index is 6.18. The van der Waals surface area contributed by atoms with Crippen molar-refractivity contribution in [3.63, 3.8) is 0 Å². The Morgan fingerprint density at radius 2 is 1.74 bits per heavy atom. The summed E-state index contributed by atoms with van der Waals surface area (Å²) < 4.78 is 0. The van der Waals surface area contributed by atoms with E-state index in [1.54, 1.807) is 0 Å². The molecule has 0 aliphatic heterocycles. The second-order valence-electron chi connectivity index (χ2n) is 4.92. The van der Waals surface area contributed by atoms with Crippen molar-refractivity contribution in [1.29, 1.82) is 0 Å². The minimum Gasteiger partial charge on any atom is -0.0887 e. The van der Waals surface area contributed by atoms with Crippen LogP contribution in [0.2, 0.25) is 5.02 Å². The highest BCUT2D eigenvalue weighted by molar-refractivity contribution is 9.09. The highest BCUT2D eigenvalue weighted by Crippen LogP contribution is 2.22. The molecule has 1 atom stereocenters. The van der Waals surface area contributed by atoms with Crippen LogP contribution in [0, 0.1) is 6.92 Å². The van der Waals surface area contributed by atoms with Crippen molar-refractivity contribution in [3.05, 3.63) is 70.2 Å². The van der Waals surface area contributed by atoms with E-state index in [1.807, 2.05) is 18.2 Å². The third kappa shape index (κ3) is 4.67. The minimum absolute atomic E-state index is 0.466. The summed E-state index contributed by atoms with van der Waals surface area (Å²) in [5.74, 6) is 0. The smallest absolute Gasteiger partial charge is 0.0438 e. The second-order valence-corrected chi connectivity index (χ2v) is 6.62. The molecule has 1 unspecified atom stereocenters. The second kappa shape index (κ2) is 7.12. The summed E-state index contributed by atoms with van der Waals surface area (Å²) in [7, 11) is 0. The van der Waals surface area contributed by atoms with E-state index in [-0.39, 0.29) is 0 Å².